The Balaban J connectivity index is 1.73. The van der Waals surface area contributed by atoms with Gasteiger partial charge < -0.3 is 28.8 Å². The Labute approximate surface area is 187 Å². The molecule has 0 amide bonds. The normalized spacial score (nSPS) is 25.2. The zero-order chi connectivity index (χ0) is 22.9. The number of benzene rings is 2. The van der Waals surface area contributed by atoms with Crippen molar-refractivity contribution in [2.75, 3.05) is 6.61 Å². The van der Waals surface area contributed by atoms with Crippen LogP contribution in [-0.4, -0.2) is 54.4 Å². The van der Waals surface area contributed by atoms with Crippen LogP contribution in [0.5, 0.6) is 0 Å². The van der Waals surface area contributed by atoms with E-state index in [4.69, 9.17) is 23.7 Å². The minimum atomic E-state index is -1.42. The lowest BCUT2D eigenvalue weighted by molar-refractivity contribution is -0.304. The smallest absolute Gasteiger partial charge is 0.303 e. The molecule has 0 spiro atoms. The third-order valence-corrected chi connectivity index (χ3v) is 4.89. The van der Waals surface area contributed by atoms with E-state index in [-0.39, 0.29) is 13.2 Å². The molecule has 0 aromatic heterocycles. The van der Waals surface area contributed by atoms with Crippen molar-refractivity contribution in [3.63, 3.8) is 0 Å². The second-order valence-corrected chi connectivity index (χ2v) is 7.48. The van der Waals surface area contributed by atoms with Gasteiger partial charge in [-0.05, 0) is 11.1 Å². The number of hydrogen-bond donors (Lipinski definition) is 1. The molecule has 172 valence electrons. The van der Waals surface area contributed by atoms with Crippen LogP contribution >= 0.6 is 0 Å². The fourth-order valence-corrected chi connectivity index (χ4v) is 3.50. The predicted molar refractivity (Wildman–Crippen MR) is 113 cm³/mol. The largest absolute Gasteiger partial charge is 0.456 e. The summed E-state index contributed by atoms with van der Waals surface area (Å²) in [6.45, 7) is 2.94. The van der Waals surface area contributed by atoms with Crippen LogP contribution in [0.15, 0.2) is 60.7 Å². The zero-order valence-electron chi connectivity index (χ0n) is 18.1. The number of aliphatic hydroxyl groups is 1. The van der Waals surface area contributed by atoms with Crippen molar-refractivity contribution in [3.05, 3.63) is 71.8 Å². The zero-order valence-corrected chi connectivity index (χ0v) is 18.1. The molecule has 2 aromatic carbocycles. The van der Waals surface area contributed by atoms with Crippen molar-refractivity contribution >= 4 is 11.9 Å². The molecule has 3 rings (SSSR count). The topological polar surface area (TPSA) is 101 Å². The van der Waals surface area contributed by atoms with Crippen LogP contribution in [0.3, 0.4) is 0 Å². The molecule has 1 aliphatic rings. The molecule has 0 aliphatic carbocycles. The highest BCUT2D eigenvalue weighted by Gasteiger charge is 2.50. The monoisotopic (exact) mass is 444 g/mol. The van der Waals surface area contributed by atoms with Crippen LogP contribution in [0, 0.1) is 0 Å². The molecule has 1 fully saturated rings. The summed E-state index contributed by atoms with van der Waals surface area (Å²) in [6, 6.07) is 18.8. The number of carbonyl (C=O) groups is 2. The van der Waals surface area contributed by atoms with Crippen molar-refractivity contribution in [1.29, 1.82) is 0 Å². The number of carbonyl (C=O) groups excluding carboxylic acids is 2. The Morgan fingerprint density at radius 3 is 1.91 bits per heavy atom. The van der Waals surface area contributed by atoms with Crippen molar-refractivity contribution in [2.24, 2.45) is 0 Å². The Morgan fingerprint density at radius 1 is 0.812 bits per heavy atom. The number of rotatable bonds is 9. The van der Waals surface area contributed by atoms with E-state index in [1.165, 1.54) is 13.8 Å². The maximum atomic E-state index is 11.8. The van der Waals surface area contributed by atoms with Gasteiger partial charge in [0.1, 0.15) is 12.2 Å². The summed E-state index contributed by atoms with van der Waals surface area (Å²) in [5.41, 5.74) is 1.81. The number of hydrogen-bond acceptors (Lipinski definition) is 8. The Kier molecular flexibility index (Phi) is 8.75. The molecule has 2 aromatic rings. The van der Waals surface area contributed by atoms with Crippen molar-refractivity contribution in [1.82, 2.24) is 0 Å². The maximum absolute atomic E-state index is 11.8. The van der Waals surface area contributed by atoms with Crippen molar-refractivity contribution < 1.29 is 38.4 Å². The molecule has 8 heteroatoms. The fourth-order valence-electron chi connectivity index (χ4n) is 3.50. The standard InChI is InChI=1S/C24H28O8/c1-16(25)30-21-20(15-28-13-18-9-5-3-6-10-18)32-24(27)23(22(21)31-17(2)26)29-14-19-11-7-4-8-12-19/h3-12,20-24,27H,13-15H2,1-2H3/t20-,21-,22+,23-,24?/m1/s1. The van der Waals surface area contributed by atoms with Gasteiger partial charge in [-0.25, -0.2) is 0 Å². The Hall–Kier alpha value is -2.78. The van der Waals surface area contributed by atoms with Gasteiger partial charge in [-0.1, -0.05) is 60.7 Å². The average molecular weight is 444 g/mol. The van der Waals surface area contributed by atoms with Gasteiger partial charge in [0.25, 0.3) is 0 Å². The first-order valence-electron chi connectivity index (χ1n) is 10.4. The lowest BCUT2D eigenvalue weighted by atomic mass is 9.98. The molecule has 8 nitrogen and oxygen atoms in total. The quantitative estimate of drug-likeness (QED) is 0.589. The molecule has 1 heterocycles. The van der Waals surface area contributed by atoms with E-state index in [0.29, 0.717) is 6.61 Å². The van der Waals surface area contributed by atoms with E-state index in [2.05, 4.69) is 0 Å². The molecule has 1 aliphatic heterocycles. The van der Waals surface area contributed by atoms with E-state index >= 15 is 0 Å². The van der Waals surface area contributed by atoms with Crippen molar-refractivity contribution in [2.45, 2.75) is 57.8 Å². The highest BCUT2D eigenvalue weighted by molar-refractivity contribution is 5.67. The molecule has 0 bridgehead atoms. The van der Waals surface area contributed by atoms with Gasteiger partial charge in [-0.15, -0.1) is 0 Å². The lowest BCUT2D eigenvalue weighted by Crippen LogP contribution is -2.61. The maximum Gasteiger partial charge on any atom is 0.303 e. The SMILES string of the molecule is CC(=O)O[C@H]1[C@H](OC(C)=O)[C@@H](OCc2ccccc2)C(O)O[C@@H]1COCc1ccccc1. The Bertz CT molecular complexity index is 857. The molecular weight excluding hydrogens is 416 g/mol. The minimum Gasteiger partial charge on any atom is -0.456 e. The van der Waals surface area contributed by atoms with Crippen molar-refractivity contribution in [3.8, 4) is 0 Å². The summed E-state index contributed by atoms with van der Waals surface area (Å²) in [6.07, 6.45) is -5.43. The number of esters is 2. The second-order valence-electron chi connectivity index (χ2n) is 7.48. The molecule has 0 saturated carbocycles. The first-order valence-corrected chi connectivity index (χ1v) is 10.4. The summed E-state index contributed by atoms with van der Waals surface area (Å²) in [4.78, 5) is 23.6. The molecule has 32 heavy (non-hydrogen) atoms. The molecule has 0 radical (unpaired) electrons. The summed E-state index contributed by atoms with van der Waals surface area (Å²) in [7, 11) is 0. The Morgan fingerprint density at radius 2 is 1.34 bits per heavy atom. The van der Waals surface area contributed by atoms with E-state index in [1.54, 1.807) is 0 Å². The molecule has 1 unspecified atom stereocenters. The van der Waals surface area contributed by atoms with E-state index in [1.807, 2.05) is 60.7 Å². The van der Waals surface area contributed by atoms with Crippen LogP contribution in [0.4, 0.5) is 0 Å². The number of aliphatic hydroxyl groups excluding tert-OH is 1. The predicted octanol–water partition coefficient (Wildman–Crippen LogP) is 2.37. The molecule has 5 atom stereocenters. The first kappa shape index (κ1) is 23.9. The van der Waals surface area contributed by atoms with Gasteiger partial charge in [0.2, 0.25) is 0 Å². The minimum absolute atomic E-state index is 0.00701. The van der Waals surface area contributed by atoms with E-state index in [0.717, 1.165) is 11.1 Å². The third kappa shape index (κ3) is 6.86. The first-order chi connectivity index (χ1) is 15.4. The highest BCUT2D eigenvalue weighted by Crippen LogP contribution is 2.28. The van der Waals surface area contributed by atoms with Crippen LogP contribution in [-0.2, 0) is 46.5 Å². The van der Waals surface area contributed by atoms with Gasteiger partial charge in [-0.3, -0.25) is 9.59 Å². The summed E-state index contributed by atoms with van der Waals surface area (Å²) < 4.78 is 28.1. The van der Waals surface area contributed by atoms with Gasteiger partial charge in [0.15, 0.2) is 18.5 Å². The van der Waals surface area contributed by atoms with E-state index < -0.39 is 42.6 Å². The number of ether oxygens (including phenoxy) is 5. The molecular formula is C24H28O8. The highest BCUT2D eigenvalue weighted by atomic mass is 16.7. The second kappa shape index (κ2) is 11.7. The molecule has 1 N–H and O–H groups in total. The van der Waals surface area contributed by atoms with Crippen LogP contribution in [0.1, 0.15) is 25.0 Å². The van der Waals surface area contributed by atoms with Crippen LogP contribution in [0.25, 0.3) is 0 Å². The van der Waals surface area contributed by atoms with Crippen LogP contribution in [0.2, 0.25) is 0 Å². The third-order valence-electron chi connectivity index (χ3n) is 4.89. The summed E-state index contributed by atoms with van der Waals surface area (Å²) >= 11 is 0. The van der Waals surface area contributed by atoms with Gasteiger partial charge in [0, 0.05) is 13.8 Å². The molecule has 1 saturated heterocycles. The van der Waals surface area contributed by atoms with Crippen LogP contribution < -0.4 is 0 Å². The van der Waals surface area contributed by atoms with Gasteiger partial charge >= 0.3 is 11.9 Å². The summed E-state index contributed by atoms with van der Waals surface area (Å²) in [5.74, 6) is -1.18. The summed E-state index contributed by atoms with van der Waals surface area (Å²) in [5, 5.41) is 10.6. The fraction of sp³-hybridized carbons (Fsp3) is 0.417. The van der Waals surface area contributed by atoms with Gasteiger partial charge in [-0.2, -0.15) is 0 Å². The lowest BCUT2D eigenvalue weighted by Gasteiger charge is -2.43. The van der Waals surface area contributed by atoms with E-state index in [9.17, 15) is 14.7 Å². The average Bonchev–Trinajstić information content (AvgIpc) is 2.76. The van der Waals surface area contributed by atoms with Gasteiger partial charge in [0.05, 0.1) is 19.8 Å².